The molecule has 0 unspecified atom stereocenters. The van der Waals surface area contributed by atoms with E-state index in [-0.39, 0.29) is 11.5 Å². The third-order valence-corrected chi connectivity index (χ3v) is 2.67. The molecular formula is C13H9F2N3. The summed E-state index contributed by atoms with van der Waals surface area (Å²) in [5, 5.41) is 8.94. The molecule has 3 nitrogen and oxygen atoms in total. The third kappa shape index (κ3) is 2.05. The normalized spacial score (nSPS) is 10.2. The molecule has 0 N–H and O–H groups in total. The zero-order chi connectivity index (χ0) is 13.3. The minimum Gasteiger partial charge on any atom is -0.233 e. The molecule has 0 aliphatic heterocycles. The smallest absolute Gasteiger partial charge is 0.160 e. The summed E-state index contributed by atoms with van der Waals surface area (Å²) in [5.74, 6) is -1.68. The van der Waals surface area contributed by atoms with E-state index in [4.69, 9.17) is 5.26 Å². The monoisotopic (exact) mass is 245 g/mol. The molecule has 2 rings (SSSR count). The van der Waals surface area contributed by atoms with Crippen molar-refractivity contribution in [1.82, 2.24) is 9.97 Å². The van der Waals surface area contributed by atoms with Crippen LogP contribution in [0.4, 0.5) is 8.78 Å². The van der Waals surface area contributed by atoms with Gasteiger partial charge in [-0.15, -0.1) is 0 Å². The average molecular weight is 245 g/mol. The zero-order valence-corrected chi connectivity index (χ0v) is 9.83. The average Bonchev–Trinajstić information content (AvgIpc) is 2.36. The molecule has 0 atom stereocenters. The number of hydrogen-bond acceptors (Lipinski definition) is 3. The highest BCUT2D eigenvalue weighted by molar-refractivity contribution is 5.56. The molecule has 0 amide bonds. The summed E-state index contributed by atoms with van der Waals surface area (Å²) in [6, 6.07) is 5.36. The number of aryl methyl sites for hydroxylation is 1. The van der Waals surface area contributed by atoms with Crippen LogP contribution in [0.25, 0.3) is 11.4 Å². The molecule has 18 heavy (non-hydrogen) atoms. The van der Waals surface area contributed by atoms with Crippen molar-refractivity contribution in [1.29, 1.82) is 5.26 Å². The van der Waals surface area contributed by atoms with Gasteiger partial charge < -0.3 is 0 Å². The van der Waals surface area contributed by atoms with Crippen molar-refractivity contribution in [2.75, 3.05) is 0 Å². The number of nitriles is 1. The molecule has 0 aliphatic rings. The fourth-order valence-electron chi connectivity index (χ4n) is 1.50. The van der Waals surface area contributed by atoms with Crippen LogP contribution >= 0.6 is 0 Å². The predicted octanol–water partition coefficient (Wildman–Crippen LogP) is 2.91. The summed E-state index contributed by atoms with van der Waals surface area (Å²) < 4.78 is 26.0. The van der Waals surface area contributed by atoms with E-state index in [2.05, 4.69) is 9.97 Å². The van der Waals surface area contributed by atoms with Gasteiger partial charge in [-0.3, -0.25) is 0 Å². The summed E-state index contributed by atoms with van der Waals surface area (Å²) in [4.78, 5) is 8.20. The number of halogens is 2. The molecule has 0 spiro atoms. The van der Waals surface area contributed by atoms with Gasteiger partial charge in [0, 0.05) is 16.8 Å². The summed E-state index contributed by atoms with van der Waals surface area (Å²) in [5.41, 5.74) is 1.90. The van der Waals surface area contributed by atoms with Gasteiger partial charge in [0.2, 0.25) is 0 Å². The molecule has 0 bridgehead atoms. The minimum atomic E-state index is -0.965. The molecule has 90 valence electrons. The summed E-state index contributed by atoms with van der Waals surface area (Å²) in [6.45, 7) is 3.48. The quantitative estimate of drug-likeness (QED) is 0.776. The minimum absolute atomic E-state index is 0.216. The van der Waals surface area contributed by atoms with Crippen molar-refractivity contribution in [3.8, 4) is 17.5 Å². The molecule has 0 fully saturated rings. The Morgan fingerprint density at radius 3 is 2.44 bits per heavy atom. The van der Waals surface area contributed by atoms with Crippen LogP contribution in [0.5, 0.6) is 0 Å². The first-order valence-corrected chi connectivity index (χ1v) is 5.23. The molecule has 0 aliphatic carbocycles. The number of benzene rings is 1. The highest BCUT2D eigenvalue weighted by Gasteiger charge is 2.11. The van der Waals surface area contributed by atoms with Gasteiger partial charge in [0.1, 0.15) is 11.8 Å². The highest BCUT2D eigenvalue weighted by Crippen LogP contribution is 2.20. The van der Waals surface area contributed by atoms with Crippen LogP contribution in [0.2, 0.25) is 0 Å². The van der Waals surface area contributed by atoms with Crippen LogP contribution < -0.4 is 0 Å². The Morgan fingerprint density at radius 2 is 1.83 bits per heavy atom. The van der Waals surface area contributed by atoms with Crippen molar-refractivity contribution >= 4 is 0 Å². The Morgan fingerprint density at radius 1 is 1.11 bits per heavy atom. The van der Waals surface area contributed by atoms with Gasteiger partial charge in [-0.25, -0.2) is 18.7 Å². The van der Waals surface area contributed by atoms with Crippen LogP contribution in [0, 0.1) is 36.8 Å². The van der Waals surface area contributed by atoms with E-state index in [0.29, 0.717) is 16.8 Å². The van der Waals surface area contributed by atoms with E-state index < -0.39 is 11.6 Å². The van der Waals surface area contributed by atoms with Crippen LogP contribution in [-0.2, 0) is 0 Å². The molecule has 2 aromatic rings. The maximum atomic E-state index is 13.1. The lowest BCUT2D eigenvalue weighted by Crippen LogP contribution is -2.00. The van der Waals surface area contributed by atoms with Gasteiger partial charge in [-0.05, 0) is 32.0 Å². The van der Waals surface area contributed by atoms with Gasteiger partial charge in [-0.2, -0.15) is 5.26 Å². The summed E-state index contributed by atoms with van der Waals surface area (Å²) in [7, 11) is 0. The lowest BCUT2D eigenvalue weighted by Gasteiger charge is -2.06. The topological polar surface area (TPSA) is 49.6 Å². The number of rotatable bonds is 1. The first-order chi connectivity index (χ1) is 8.52. The first-order valence-electron chi connectivity index (χ1n) is 5.23. The van der Waals surface area contributed by atoms with E-state index in [1.165, 1.54) is 6.07 Å². The number of hydrogen-bond donors (Lipinski definition) is 0. The predicted molar refractivity (Wildman–Crippen MR) is 61.6 cm³/mol. The van der Waals surface area contributed by atoms with E-state index in [1.54, 1.807) is 13.8 Å². The molecule has 1 aromatic heterocycles. The van der Waals surface area contributed by atoms with E-state index >= 15 is 0 Å². The van der Waals surface area contributed by atoms with Crippen molar-refractivity contribution in [2.45, 2.75) is 13.8 Å². The van der Waals surface area contributed by atoms with Gasteiger partial charge in [0.15, 0.2) is 17.5 Å². The molecule has 0 radical (unpaired) electrons. The molecule has 1 heterocycles. The van der Waals surface area contributed by atoms with Crippen LogP contribution in [0.3, 0.4) is 0 Å². The highest BCUT2D eigenvalue weighted by atomic mass is 19.2. The fraction of sp³-hybridized carbons (Fsp3) is 0.154. The van der Waals surface area contributed by atoms with Crippen molar-refractivity contribution in [3.63, 3.8) is 0 Å². The maximum absolute atomic E-state index is 13.1. The molecule has 1 aromatic carbocycles. The van der Waals surface area contributed by atoms with E-state index in [0.717, 1.165) is 12.1 Å². The van der Waals surface area contributed by atoms with E-state index in [9.17, 15) is 8.78 Å². The molecule has 0 saturated heterocycles. The van der Waals surface area contributed by atoms with Gasteiger partial charge >= 0.3 is 0 Å². The Balaban J connectivity index is 2.61. The summed E-state index contributed by atoms with van der Waals surface area (Å²) in [6.07, 6.45) is 0. The van der Waals surface area contributed by atoms with Crippen molar-refractivity contribution in [2.24, 2.45) is 0 Å². The van der Waals surface area contributed by atoms with Gasteiger partial charge in [0.05, 0.1) is 0 Å². The SMILES string of the molecule is Cc1nc(-c2ccc(F)c(F)c2)nc(C#N)c1C. The Kier molecular flexibility index (Phi) is 3.02. The van der Waals surface area contributed by atoms with Crippen molar-refractivity contribution < 1.29 is 8.78 Å². The largest absolute Gasteiger partial charge is 0.233 e. The third-order valence-electron chi connectivity index (χ3n) is 2.67. The summed E-state index contributed by atoms with van der Waals surface area (Å²) >= 11 is 0. The van der Waals surface area contributed by atoms with Crippen LogP contribution in [0.1, 0.15) is 17.0 Å². The van der Waals surface area contributed by atoms with Crippen LogP contribution in [-0.4, -0.2) is 9.97 Å². The molecule has 0 saturated carbocycles. The Bertz CT molecular complexity index is 660. The fourth-order valence-corrected chi connectivity index (χ4v) is 1.50. The molecular weight excluding hydrogens is 236 g/mol. The van der Waals surface area contributed by atoms with Crippen molar-refractivity contribution in [3.05, 3.63) is 46.8 Å². The van der Waals surface area contributed by atoms with Crippen LogP contribution in [0.15, 0.2) is 18.2 Å². The molecule has 5 heteroatoms. The Labute approximate surface area is 103 Å². The lowest BCUT2D eigenvalue weighted by atomic mass is 10.1. The number of aromatic nitrogens is 2. The van der Waals surface area contributed by atoms with E-state index in [1.807, 2.05) is 6.07 Å². The second-order valence-corrected chi connectivity index (χ2v) is 3.85. The number of nitrogens with zero attached hydrogens (tertiary/aromatic N) is 3. The Hall–Kier alpha value is -2.35. The standard InChI is InChI=1S/C13H9F2N3/c1-7-8(2)17-13(18-12(7)6-16)9-3-4-10(14)11(15)5-9/h3-5H,1-2H3. The second kappa shape index (κ2) is 4.49. The maximum Gasteiger partial charge on any atom is 0.160 e. The van der Waals surface area contributed by atoms with Gasteiger partial charge in [0.25, 0.3) is 0 Å². The zero-order valence-electron chi connectivity index (χ0n) is 9.83. The second-order valence-electron chi connectivity index (χ2n) is 3.85. The first kappa shape index (κ1) is 12.1. The van der Waals surface area contributed by atoms with Gasteiger partial charge in [-0.1, -0.05) is 0 Å². The lowest BCUT2D eigenvalue weighted by molar-refractivity contribution is 0.509.